The summed E-state index contributed by atoms with van der Waals surface area (Å²) in [6.45, 7) is 0.700. The second-order valence-corrected chi connectivity index (χ2v) is 9.88. The smallest absolute Gasteiger partial charge is 0.246 e. The molecule has 3 aliphatic heterocycles. The quantitative estimate of drug-likeness (QED) is 0.368. The maximum atomic E-state index is 13.9. The fraction of sp³-hybridized carbons (Fsp3) is 0.286. The summed E-state index contributed by atoms with van der Waals surface area (Å²) in [6.07, 6.45) is 5.57. The number of hydrogen-bond acceptors (Lipinski definition) is 7. The number of amides is 2. The number of aromatic nitrogens is 4. The molecule has 2 aromatic heterocycles. The Bertz CT molecular complexity index is 1620. The molecule has 39 heavy (non-hydrogen) atoms. The summed E-state index contributed by atoms with van der Waals surface area (Å²) < 4.78 is 12.8. The number of hydrogen-bond donors (Lipinski definition) is 2. The summed E-state index contributed by atoms with van der Waals surface area (Å²) in [5.41, 5.74) is 4.37. The van der Waals surface area contributed by atoms with Crippen LogP contribution < -0.4 is 9.47 Å². The second kappa shape index (κ2) is 9.28. The summed E-state index contributed by atoms with van der Waals surface area (Å²) in [5.74, 6) is 1.03. The van der Waals surface area contributed by atoms with Crippen molar-refractivity contribution in [2.24, 2.45) is 0 Å². The fourth-order valence-electron chi connectivity index (χ4n) is 5.84. The number of carbonyl (C=O) groups excluding carboxylic acids is 2. The van der Waals surface area contributed by atoms with E-state index in [4.69, 9.17) is 14.6 Å². The highest BCUT2D eigenvalue weighted by Gasteiger charge is 2.48. The zero-order valence-electron chi connectivity index (χ0n) is 21.0. The highest BCUT2D eigenvalue weighted by Crippen LogP contribution is 2.45. The number of piperazine rings is 1. The number of H-pyrrole nitrogens is 1. The van der Waals surface area contributed by atoms with Gasteiger partial charge in [0.2, 0.25) is 18.6 Å². The number of aliphatic hydroxyl groups excluding tert-OH is 1. The van der Waals surface area contributed by atoms with Gasteiger partial charge in [-0.2, -0.15) is 0 Å². The molecular formula is C28H26N6O5. The molecule has 1 saturated heterocycles. The molecule has 198 valence electrons. The molecule has 2 atom stereocenters. The van der Waals surface area contributed by atoms with E-state index >= 15 is 0 Å². The molecule has 11 heteroatoms. The van der Waals surface area contributed by atoms with Gasteiger partial charge >= 0.3 is 0 Å². The van der Waals surface area contributed by atoms with Gasteiger partial charge in [-0.15, -0.1) is 5.10 Å². The van der Waals surface area contributed by atoms with Crippen molar-refractivity contribution in [3.63, 3.8) is 0 Å². The van der Waals surface area contributed by atoms with Gasteiger partial charge in [-0.05, 0) is 29.3 Å². The Hall–Kier alpha value is -4.64. The summed E-state index contributed by atoms with van der Waals surface area (Å²) in [5, 5.41) is 18.3. The highest BCUT2D eigenvalue weighted by molar-refractivity contribution is 5.97. The first-order valence-corrected chi connectivity index (χ1v) is 12.8. The lowest BCUT2D eigenvalue weighted by Crippen LogP contribution is -2.62. The Balaban J connectivity index is 1.25. The maximum Gasteiger partial charge on any atom is 0.246 e. The number of aromatic amines is 1. The van der Waals surface area contributed by atoms with Crippen LogP contribution in [0.5, 0.6) is 11.5 Å². The summed E-state index contributed by atoms with van der Waals surface area (Å²) in [4.78, 5) is 34.6. The minimum absolute atomic E-state index is 0.0464. The lowest BCUT2D eigenvalue weighted by atomic mass is 9.86. The van der Waals surface area contributed by atoms with E-state index < -0.39 is 12.1 Å². The van der Waals surface area contributed by atoms with E-state index in [0.717, 1.165) is 27.7 Å². The van der Waals surface area contributed by atoms with Gasteiger partial charge in [0.15, 0.2) is 11.5 Å². The molecular weight excluding hydrogens is 500 g/mol. The van der Waals surface area contributed by atoms with Crippen molar-refractivity contribution in [2.45, 2.75) is 31.6 Å². The molecule has 7 rings (SSSR count). The van der Waals surface area contributed by atoms with E-state index in [-0.39, 0.29) is 38.3 Å². The van der Waals surface area contributed by atoms with E-state index in [9.17, 15) is 9.59 Å². The lowest BCUT2D eigenvalue weighted by Gasteiger charge is -2.47. The fourth-order valence-corrected chi connectivity index (χ4v) is 5.84. The summed E-state index contributed by atoms with van der Waals surface area (Å²) >= 11 is 0. The highest BCUT2D eigenvalue weighted by atomic mass is 16.7. The number of allylic oxidation sites excluding steroid dienone is 1. The van der Waals surface area contributed by atoms with Crippen LogP contribution in [0.1, 0.15) is 28.6 Å². The van der Waals surface area contributed by atoms with E-state index in [1.165, 1.54) is 0 Å². The van der Waals surface area contributed by atoms with Crippen molar-refractivity contribution in [3.8, 4) is 11.5 Å². The number of benzene rings is 2. The van der Waals surface area contributed by atoms with Crippen molar-refractivity contribution < 1.29 is 24.2 Å². The number of fused-ring (bicyclic) bond motifs is 5. The molecule has 11 nitrogen and oxygen atoms in total. The summed E-state index contributed by atoms with van der Waals surface area (Å²) in [6, 6.07) is 12.6. The molecule has 0 unspecified atom stereocenters. The van der Waals surface area contributed by atoms with Crippen LogP contribution >= 0.6 is 0 Å². The molecule has 2 amide bonds. The number of nitrogens with one attached hydrogen (secondary N) is 1. The largest absolute Gasteiger partial charge is 0.454 e. The van der Waals surface area contributed by atoms with Gasteiger partial charge in [0.05, 0.1) is 31.9 Å². The average Bonchev–Trinajstić information content (AvgIpc) is 3.68. The third-order valence-corrected chi connectivity index (χ3v) is 7.56. The molecule has 0 radical (unpaired) electrons. The van der Waals surface area contributed by atoms with Crippen molar-refractivity contribution in [1.29, 1.82) is 0 Å². The van der Waals surface area contributed by atoms with Crippen LogP contribution in [0, 0.1) is 0 Å². The Morgan fingerprint density at radius 3 is 2.87 bits per heavy atom. The van der Waals surface area contributed by atoms with E-state index in [0.29, 0.717) is 30.2 Å². The average molecular weight is 527 g/mol. The van der Waals surface area contributed by atoms with Crippen LogP contribution in [-0.4, -0.2) is 72.7 Å². The van der Waals surface area contributed by atoms with Crippen molar-refractivity contribution >= 4 is 22.7 Å². The van der Waals surface area contributed by atoms with Gasteiger partial charge in [0.1, 0.15) is 18.3 Å². The second-order valence-electron chi connectivity index (χ2n) is 9.88. The predicted molar refractivity (Wildman–Crippen MR) is 139 cm³/mol. The number of carbonyl (C=O) groups is 2. The van der Waals surface area contributed by atoms with E-state index in [1.807, 2.05) is 42.5 Å². The Labute approximate surface area is 223 Å². The zero-order valence-corrected chi connectivity index (χ0v) is 21.0. The Morgan fingerprint density at radius 1 is 1.10 bits per heavy atom. The third kappa shape index (κ3) is 3.93. The number of ether oxygens (including phenoxy) is 2. The molecule has 0 saturated carbocycles. The molecule has 2 aromatic carbocycles. The first-order valence-electron chi connectivity index (χ1n) is 12.8. The van der Waals surface area contributed by atoms with E-state index in [1.54, 1.807) is 32.8 Å². The number of nitrogens with zero attached hydrogens (tertiary/aromatic N) is 5. The van der Waals surface area contributed by atoms with Gasteiger partial charge in [-0.25, -0.2) is 4.68 Å². The van der Waals surface area contributed by atoms with Gasteiger partial charge in [-0.1, -0.05) is 41.6 Å². The van der Waals surface area contributed by atoms with Crippen LogP contribution in [0.15, 0.2) is 60.8 Å². The first kappa shape index (κ1) is 23.5. The van der Waals surface area contributed by atoms with Crippen molar-refractivity contribution in [1.82, 2.24) is 29.8 Å². The SMILES string of the molecule is O=C1[C@H]2Cc3c([nH]c4ccccc34)[C@@H](c3ccc4c(c3)OCO4)N2C(=O)CN1Cc1cn(C/C=C/CO)nn1. The zero-order chi connectivity index (χ0) is 26.5. The molecule has 4 aromatic rings. The van der Waals surface area contributed by atoms with Crippen LogP contribution in [0.25, 0.3) is 10.9 Å². The minimum atomic E-state index is -0.657. The lowest BCUT2D eigenvalue weighted by molar-refractivity contribution is -0.159. The monoisotopic (exact) mass is 526 g/mol. The number of rotatable bonds is 6. The van der Waals surface area contributed by atoms with Crippen LogP contribution in [0.2, 0.25) is 0 Å². The van der Waals surface area contributed by atoms with Gasteiger partial charge in [0, 0.05) is 23.0 Å². The van der Waals surface area contributed by atoms with Gasteiger partial charge < -0.3 is 29.4 Å². The molecule has 5 heterocycles. The normalized spacial score (nSPS) is 20.2. The van der Waals surface area contributed by atoms with Gasteiger partial charge in [-0.3, -0.25) is 9.59 Å². The van der Waals surface area contributed by atoms with E-state index in [2.05, 4.69) is 15.3 Å². The van der Waals surface area contributed by atoms with Crippen LogP contribution in [0.3, 0.4) is 0 Å². The number of para-hydroxylation sites is 1. The van der Waals surface area contributed by atoms with Crippen molar-refractivity contribution in [3.05, 3.63) is 83.3 Å². The Kier molecular flexibility index (Phi) is 5.58. The predicted octanol–water partition coefficient (Wildman–Crippen LogP) is 1.92. The standard InChI is InChI=1S/C28H26N6O5/c35-10-4-3-9-33-14-18(30-31-33)13-32-15-25(36)34-22(28(32)37)12-20-19-5-1-2-6-21(19)29-26(20)27(34)17-7-8-23-24(11-17)39-16-38-23/h1-8,11,14,22,27,29,35H,9-10,12-13,15-16H2/b4-3+/t22-,27-/m1/s1. The van der Waals surface area contributed by atoms with Crippen molar-refractivity contribution in [2.75, 3.05) is 19.9 Å². The minimum Gasteiger partial charge on any atom is -0.454 e. The van der Waals surface area contributed by atoms with Gasteiger partial charge in [0.25, 0.3) is 0 Å². The number of aliphatic hydroxyl groups is 1. The maximum absolute atomic E-state index is 13.9. The molecule has 3 aliphatic rings. The molecule has 2 N–H and O–H groups in total. The summed E-state index contributed by atoms with van der Waals surface area (Å²) in [7, 11) is 0. The molecule has 0 spiro atoms. The topological polar surface area (TPSA) is 126 Å². The first-order chi connectivity index (χ1) is 19.1. The molecule has 0 aliphatic carbocycles. The van der Waals surface area contributed by atoms with Crippen LogP contribution in [-0.2, 0) is 29.1 Å². The van der Waals surface area contributed by atoms with Crippen LogP contribution in [0.4, 0.5) is 0 Å². The third-order valence-electron chi connectivity index (χ3n) is 7.56. The Morgan fingerprint density at radius 2 is 1.97 bits per heavy atom. The molecule has 0 bridgehead atoms. The molecule has 1 fully saturated rings.